The van der Waals surface area contributed by atoms with Crippen LogP contribution in [0.3, 0.4) is 0 Å². The number of ether oxygens (including phenoxy) is 1. The Morgan fingerprint density at radius 2 is 2.26 bits per heavy atom. The molecule has 0 aliphatic heterocycles. The van der Waals surface area contributed by atoms with Gasteiger partial charge in [0.1, 0.15) is 5.75 Å². The maximum atomic E-state index is 6.13. The predicted molar refractivity (Wildman–Crippen MR) is 72.5 cm³/mol. The Balaban J connectivity index is 1.64. The summed E-state index contributed by atoms with van der Waals surface area (Å²) in [6.07, 6.45) is 2.95. The zero-order chi connectivity index (χ0) is 13.3. The molecule has 1 aliphatic rings. The summed E-state index contributed by atoms with van der Waals surface area (Å²) in [5.74, 6) is 1.79. The van der Waals surface area contributed by atoms with E-state index in [0.29, 0.717) is 11.7 Å². The molecule has 1 fully saturated rings. The van der Waals surface area contributed by atoms with Crippen LogP contribution >= 0.6 is 15.9 Å². The number of hydrogen-bond acceptors (Lipinski definition) is 5. The predicted octanol–water partition coefficient (Wildman–Crippen LogP) is 2.75. The average Bonchev–Trinajstić information content (AvgIpc) is 2.83. The first-order valence-corrected chi connectivity index (χ1v) is 6.95. The molecule has 1 aliphatic carbocycles. The van der Waals surface area contributed by atoms with Crippen molar-refractivity contribution in [2.24, 2.45) is 5.73 Å². The van der Waals surface area contributed by atoms with Crippen LogP contribution in [-0.4, -0.2) is 10.1 Å². The summed E-state index contributed by atoms with van der Waals surface area (Å²) in [7, 11) is 0. The first-order valence-electron chi connectivity index (χ1n) is 6.16. The minimum absolute atomic E-state index is 0.250. The Labute approximate surface area is 119 Å². The number of rotatable bonds is 4. The quantitative estimate of drug-likeness (QED) is 0.936. The van der Waals surface area contributed by atoms with Crippen molar-refractivity contribution in [3.63, 3.8) is 0 Å². The third-order valence-corrected chi connectivity index (χ3v) is 3.81. The lowest BCUT2D eigenvalue weighted by molar-refractivity contribution is 0.223. The van der Waals surface area contributed by atoms with Crippen LogP contribution in [0, 0.1) is 0 Å². The minimum atomic E-state index is -0.391. The Hall–Kier alpha value is -1.40. The molecule has 0 atom stereocenters. The highest BCUT2D eigenvalue weighted by Crippen LogP contribution is 2.36. The summed E-state index contributed by atoms with van der Waals surface area (Å²) >= 11 is 3.39. The summed E-state index contributed by atoms with van der Waals surface area (Å²) in [4.78, 5) is 4.30. The van der Waals surface area contributed by atoms with Crippen molar-refractivity contribution in [2.45, 2.75) is 31.4 Å². The van der Waals surface area contributed by atoms with Gasteiger partial charge in [-0.05, 0) is 37.5 Å². The average molecular weight is 324 g/mol. The van der Waals surface area contributed by atoms with Crippen molar-refractivity contribution >= 4 is 15.9 Å². The highest BCUT2D eigenvalue weighted by Gasteiger charge is 2.38. The van der Waals surface area contributed by atoms with E-state index in [1.807, 2.05) is 24.3 Å². The molecule has 0 unspecified atom stereocenters. The molecule has 0 saturated heterocycles. The van der Waals surface area contributed by atoms with Crippen molar-refractivity contribution < 1.29 is 9.26 Å². The van der Waals surface area contributed by atoms with Crippen LogP contribution in [0.1, 0.15) is 31.0 Å². The van der Waals surface area contributed by atoms with Crippen LogP contribution in [0.25, 0.3) is 0 Å². The van der Waals surface area contributed by atoms with Gasteiger partial charge in [-0.2, -0.15) is 4.98 Å². The number of hydrogen-bond donors (Lipinski definition) is 1. The molecule has 6 heteroatoms. The third-order valence-electron chi connectivity index (χ3n) is 3.32. The maximum absolute atomic E-state index is 6.13. The zero-order valence-corrected chi connectivity index (χ0v) is 11.9. The van der Waals surface area contributed by atoms with Crippen molar-refractivity contribution in [3.8, 4) is 5.75 Å². The van der Waals surface area contributed by atoms with Crippen LogP contribution in [0.5, 0.6) is 5.75 Å². The molecule has 0 spiro atoms. The molecule has 1 aromatic carbocycles. The van der Waals surface area contributed by atoms with Gasteiger partial charge in [0, 0.05) is 4.47 Å². The number of nitrogens with zero attached hydrogens (tertiary/aromatic N) is 2. The van der Waals surface area contributed by atoms with Crippen molar-refractivity contribution in [2.75, 3.05) is 0 Å². The summed E-state index contributed by atoms with van der Waals surface area (Å²) in [5, 5.41) is 3.94. The van der Waals surface area contributed by atoms with Gasteiger partial charge in [0.15, 0.2) is 12.4 Å². The van der Waals surface area contributed by atoms with Crippen LogP contribution in [0.4, 0.5) is 0 Å². The van der Waals surface area contributed by atoms with Gasteiger partial charge in [-0.1, -0.05) is 27.2 Å². The van der Waals surface area contributed by atoms with Crippen molar-refractivity contribution in [1.29, 1.82) is 0 Å². The van der Waals surface area contributed by atoms with Gasteiger partial charge in [0.2, 0.25) is 0 Å². The molecule has 100 valence electrons. The Kier molecular flexibility index (Phi) is 3.28. The fourth-order valence-corrected chi connectivity index (χ4v) is 2.38. The van der Waals surface area contributed by atoms with Gasteiger partial charge >= 0.3 is 0 Å². The lowest BCUT2D eigenvalue weighted by Gasteiger charge is -2.34. The molecule has 3 rings (SSSR count). The van der Waals surface area contributed by atoms with Crippen LogP contribution in [0.2, 0.25) is 0 Å². The minimum Gasteiger partial charge on any atom is -0.484 e. The third kappa shape index (κ3) is 2.64. The smallest absolute Gasteiger partial charge is 0.264 e. The Morgan fingerprint density at radius 1 is 1.42 bits per heavy atom. The van der Waals surface area contributed by atoms with Gasteiger partial charge in [-0.3, -0.25) is 0 Å². The van der Waals surface area contributed by atoms with E-state index in [2.05, 4.69) is 26.1 Å². The lowest BCUT2D eigenvalue weighted by Crippen LogP contribution is -2.44. The first kappa shape index (κ1) is 12.6. The number of benzene rings is 1. The van der Waals surface area contributed by atoms with E-state index in [1.165, 1.54) is 0 Å². The van der Waals surface area contributed by atoms with Gasteiger partial charge < -0.3 is 15.0 Å². The highest BCUT2D eigenvalue weighted by molar-refractivity contribution is 9.10. The van der Waals surface area contributed by atoms with Gasteiger partial charge in [0.05, 0.1) is 5.54 Å². The molecular weight excluding hydrogens is 310 g/mol. The second kappa shape index (κ2) is 4.94. The second-order valence-electron chi connectivity index (χ2n) is 4.77. The fraction of sp³-hybridized carbons (Fsp3) is 0.385. The lowest BCUT2D eigenvalue weighted by atomic mass is 9.77. The van der Waals surface area contributed by atoms with Crippen LogP contribution < -0.4 is 10.5 Å². The topological polar surface area (TPSA) is 74.2 Å². The molecule has 0 radical (unpaired) electrons. The zero-order valence-electron chi connectivity index (χ0n) is 10.3. The van der Waals surface area contributed by atoms with Crippen LogP contribution in [-0.2, 0) is 12.1 Å². The molecule has 2 aromatic rings. The molecule has 1 saturated carbocycles. The number of nitrogens with two attached hydrogens (primary N) is 1. The van der Waals surface area contributed by atoms with E-state index >= 15 is 0 Å². The van der Waals surface area contributed by atoms with E-state index in [-0.39, 0.29) is 6.61 Å². The van der Waals surface area contributed by atoms with E-state index < -0.39 is 5.54 Å². The van der Waals surface area contributed by atoms with E-state index in [9.17, 15) is 0 Å². The second-order valence-corrected chi connectivity index (χ2v) is 5.68. The van der Waals surface area contributed by atoms with Gasteiger partial charge in [-0.15, -0.1) is 0 Å². The highest BCUT2D eigenvalue weighted by atomic mass is 79.9. The summed E-state index contributed by atoms with van der Waals surface area (Å²) < 4.78 is 11.7. The summed E-state index contributed by atoms with van der Waals surface area (Å²) in [5.41, 5.74) is 5.74. The normalized spacial score (nSPS) is 16.9. The summed E-state index contributed by atoms with van der Waals surface area (Å²) in [6.45, 7) is 0.250. The SMILES string of the molecule is NC1(c2noc(COc3cccc(Br)c3)n2)CCC1. The number of halogens is 1. The maximum Gasteiger partial charge on any atom is 0.264 e. The Morgan fingerprint density at radius 3 is 2.95 bits per heavy atom. The molecule has 19 heavy (non-hydrogen) atoms. The summed E-state index contributed by atoms with van der Waals surface area (Å²) in [6, 6.07) is 7.60. The molecule has 0 amide bonds. The first-order chi connectivity index (χ1) is 9.16. The van der Waals surface area contributed by atoms with E-state index in [0.717, 1.165) is 29.5 Å². The Bertz CT molecular complexity index is 581. The standard InChI is InChI=1S/C13H14BrN3O2/c14-9-3-1-4-10(7-9)18-8-11-16-12(17-19-11)13(15)5-2-6-13/h1,3-4,7H,2,5-6,8,15H2. The fourth-order valence-electron chi connectivity index (χ4n) is 2.00. The molecule has 5 nitrogen and oxygen atoms in total. The van der Waals surface area contributed by atoms with E-state index in [1.54, 1.807) is 0 Å². The largest absolute Gasteiger partial charge is 0.484 e. The molecular formula is C13H14BrN3O2. The molecule has 1 aromatic heterocycles. The van der Waals surface area contributed by atoms with Gasteiger partial charge in [0.25, 0.3) is 5.89 Å². The molecule has 2 N–H and O–H groups in total. The monoisotopic (exact) mass is 323 g/mol. The number of aromatic nitrogens is 2. The molecule has 1 heterocycles. The van der Waals surface area contributed by atoms with Crippen LogP contribution in [0.15, 0.2) is 33.3 Å². The van der Waals surface area contributed by atoms with Gasteiger partial charge in [-0.25, -0.2) is 0 Å². The molecule has 0 bridgehead atoms. The van der Waals surface area contributed by atoms with E-state index in [4.69, 9.17) is 15.0 Å². The van der Waals surface area contributed by atoms with Crippen molar-refractivity contribution in [3.05, 3.63) is 40.5 Å². The van der Waals surface area contributed by atoms with Crippen molar-refractivity contribution in [1.82, 2.24) is 10.1 Å².